The van der Waals surface area contributed by atoms with Gasteiger partial charge in [-0.3, -0.25) is 0 Å². The molecule has 0 atom stereocenters. The van der Waals surface area contributed by atoms with Crippen LogP contribution in [0, 0.1) is 0 Å². The van der Waals surface area contributed by atoms with Crippen LogP contribution in [0.4, 0.5) is 0 Å². The largest absolute Gasteiger partial charge is 0.232 e. The predicted molar refractivity (Wildman–Crippen MR) is 64.9 cm³/mol. The molecule has 5 heteroatoms. The lowest BCUT2D eigenvalue weighted by atomic mass is 10.1. The summed E-state index contributed by atoms with van der Waals surface area (Å²) in [6, 6.07) is 0. The van der Waals surface area contributed by atoms with E-state index in [4.69, 9.17) is 16.6 Å². The van der Waals surface area contributed by atoms with E-state index in [0.29, 0.717) is 5.41 Å². The van der Waals surface area contributed by atoms with E-state index in [1.807, 2.05) is 0 Å². The van der Waals surface area contributed by atoms with E-state index in [0.717, 1.165) is 21.7 Å². The van der Waals surface area contributed by atoms with Crippen LogP contribution in [0.1, 0.15) is 30.5 Å². The molecule has 0 saturated heterocycles. The summed E-state index contributed by atoms with van der Waals surface area (Å²) in [5, 5.41) is 4.98. The van der Waals surface area contributed by atoms with Crippen molar-refractivity contribution in [1.82, 2.24) is 14.6 Å². The van der Waals surface area contributed by atoms with Crippen LogP contribution in [0.3, 0.4) is 0 Å². The lowest BCUT2D eigenvalue weighted by Gasteiger charge is -2.08. The third-order valence-corrected chi connectivity index (χ3v) is 4.80. The van der Waals surface area contributed by atoms with E-state index in [-0.39, 0.29) is 0 Å². The third-order valence-electron chi connectivity index (χ3n) is 3.85. The van der Waals surface area contributed by atoms with Gasteiger partial charge in [0, 0.05) is 11.0 Å². The van der Waals surface area contributed by atoms with E-state index in [2.05, 4.69) is 21.0 Å². The van der Waals surface area contributed by atoms with Crippen LogP contribution >= 0.6 is 27.5 Å². The van der Waals surface area contributed by atoms with Gasteiger partial charge in [-0.15, -0.1) is 0 Å². The highest BCUT2D eigenvalue weighted by Crippen LogP contribution is 2.57. The maximum atomic E-state index is 6.40. The Kier molecular flexibility index (Phi) is 1.65. The van der Waals surface area contributed by atoms with Gasteiger partial charge in [0.25, 0.3) is 0 Å². The molecule has 0 bridgehead atoms. The van der Waals surface area contributed by atoms with E-state index in [1.54, 1.807) is 10.7 Å². The first kappa shape index (κ1) is 9.42. The highest BCUT2D eigenvalue weighted by molar-refractivity contribution is 9.10. The van der Waals surface area contributed by atoms with E-state index in [9.17, 15) is 0 Å². The molecule has 1 spiro atoms. The molecule has 1 saturated carbocycles. The van der Waals surface area contributed by atoms with Crippen LogP contribution in [0.5, 0.6) is 0 Å². The first-order valence-electron chi connectivity index (χ1n) is 5.43. The number of aromatic nitrogens is 3. The average Bonchev–Trinajstić information content (AvgIpc) is 2.83. The lowest BCUT2D eigenvalue weighted by molar-refractivity contribution is 0.665. The minimum atomic E-state index is 0.366. The molecule has 0 N–H and O–H groups in total. The quantitative estimate of drug-likeness (QED) is 0.700. The summed E-state index contributed by atoms with van der Waals surface area (Å²) in [5.41, 5.74) is 3.65. The Morgan fingerprint density at radius 1 is 1.38 bits per heavy atom. The van der Waals surface area contributed by atoms with Crippen LogP contribution in [0.15, 0.2) is 10.7 Å². The topological polar surface area (TPSA) is 30.2 Å². The maximum absolute atomic E-state index is 6.40. The van der Waals surface area contributed by atoms with Crippen LogP contribution < -0.4 is 0 Å². The van der Waals surface area contributed by atoms with Crippen molar-refractivity contribution >= 4 is 33.2 Å². The van der Waals surface area contributed by atoms with E-state index < -0.39 is 0 Å². The Balaban J connectivity index is 2.13. The summed E-state index contributed by atoms with van der Waals surface area (Å²) < 4.78 is 2.64. The Labute approximate surface area is 106 Å². The number of nitrogens with zero attached hydrogens (tertiary/aromatic N) is 3. The highest BCUT2D eigenvalue weighted by atomic mass is 79.9. The number of rotatable bonds is 0. The Bertz CT molecular complexity index is 615. The summed E-state index contributed by atoms with van der Waals surface area (Å²) in [7, 11) is 0. The molecule has 2 heterocycles. The minimum absolute atomic E-state index is 0.366. The summed E-state index contributed by atoms with van der Waals surface area (Å²) in [4.78, 5) is 4.76. The van der Waals surface area contributed by atoms with Crippen molar-refractivity contribution in [3.05, 3.63) is 27.1 Å². The minimum Gasteiger partial charge on any atom is -0.232 e. The summed E-state index contributed by atoms with van der Waals surface area (Å²) in [5.74, 6) is 0. The van der Waals surface area contributed by atoms with Gasteiger partial charge in [0.05, 0.1) is 16.4 Å². The second-order valence-corrected chi connectivity index (χ2v) is 5.95. The number of hydrogen-bond acceptors (Lipinski definition) is 2. The molecule has 16 heavy (non-hydrogen) atoms. The predicted octanol–water partition coefficient (Wildman–Crippen LogP) is 3.12. The summed E-state index contributed by atoms with van der Waals surface area (Å²) in [6.45, 7) is 0. The number of fused-ring (bicyclic) bond motifs is 3. The molecule has 0 aliphatic heterocycles. The van der Waals surface area contributed by atoms with Crippen molar-refractivity contribution in [3.8, 4) is 0 Å². The van der Waals surface area contributed by atoms with Crippen molar-refractivity contribution in [3.63, 3.8) is 0 Å². The van der Waals surface area contributed by atoms with Crippen LogP contribution in [-0.4, -0.2) is 14.6 Å². The second kappa shape index (κ2) is 2.79. The number of halogens is 2. The van der Waals surface area contributed by atoms with Crippen molar-refractivity contribution in [2.45, 2.75) is 31.1 Å². The van der Waals surface area contributed by atoms with Crippen molar-refractivity contribution in [2.75, 3.05) is 0 Å². The summed E-state index contributed by atoms with van der Waals surface area (Å²) in [6.07, 6.45) is 6.55. The summed E-state index contributed by atoms with van der Waals surface area (Å²) >= 11 is 9.86. The van der Waals surface area contributed by atoms with Gasteiger partial charge in [-0.2, -0.15) is 5.10 Å². The van der Waals surface area contributed by atoms with Crippen molar-refractivity contribution < 1.29 is 0 Å². The molecular formula is C11H9BrClN3. The molecule has 2 aromatic rings. The van der Waals surface area contributed by atoms with Crippen LogP contribution in [-0.2, 0) is 11.8 Å². The molecule has 1 fully saturated rings. The maximum Gasteiger partial charge on any atom is 0.171 e. The molecule has 0 aromatic carbocycles. The molecule has 82 valence electrons. The third kappa shape index (κ3) is 0.998. The molecule has 2 aliphatic carbocycles. The Morgan fingerprint density at radius 2 is 2.19 bits per heavy atom. The molecule has 0 unspecified atom stereocenters. The van der Waals surface area contributed by atoms with E-state index >= 15 is 0 Å². The molecule has 2 aliphatic rings. The smallest absolute Gasteiger partial charge is 0.171 e. The highest BCUT2D eigenvalue weighted by Gasteiger charge is 2.51. The fourth-order valence-corrected chi connectivity index (χ4v) is 3.40. The molecular weight excluding hydrogens is 289 g/mol. The van der Waals surface area contributed by atoms with Gasteiger partial charge in [-0.05, 0) is 41.6 Å². The Morgan fingerprint density at radius 3 is 2.94 bits per heavy atom. The van der Waals surface area contributed by atoms with Crippen LogP contribution in [0.25, 0.3) is 5.65 Å². The van der Waals surface area contributed by atoms with Gasteiger partial charge in [0.15, 0.2) is 5.65 Å². The van der Waals surface area contributed by atoms with Gasteiger partial charge in [0.1, 0.15) is 5.15 Å². The zero-order valence-electron chi connectivity index (χ0n) is 8.50. The Hall–Kier alpha value is -0.610. The molecule has 4 rings (SSSR count). The van der Waals surface area contributed by atoms with Crippen molar-refractivity contribution in [2.24, 2.45) is 0 Å². The molecule has 2 aromatic heterocycles. The van der Waals surface area contributed by atoms with E-state index in [1.165, 1.54) is 30.5 Å². The molecule has 3 nitrogen and oxygen atoms in total. The average molecular weight is 299 g/mol. The van der Waals surface area contributed by atoms with Gasteiger partial charge in [0.2, 0.25) is 0 Å². The number of hydrogen-bond donors (Lipinski definition) is 0. The van der Waals surface area contributed by atoms with Gasteiger partial charge in [-0.25, -0.2) is 9.50 Å². The fourth-order valence-electron chi connectivity index (χ4n) is 2.75. The van der Waals surface area contributed by atoms with Gasteiger partial charge >= 0.3 is 0 Å². The SMILES string of the molecule is Clc1c2c(nc3c(Br)cnn13)C1(CC2)CC1. The standard InChI is InChI=1S/C11H9BrClN3/c12-7-5-14-16-9(13)6-1-2-11(3-4-11)8(6)15-10(7)16/h5H,1-4H2. The molecule has 0 amide bonds. The second-order valence-electron chi connectivity index (χ2n) is 4.74. The first-order chi connectivity index (χ1) is 7.71. The lowest BCUT2D eigenvalue weighted by Crippen LogP contribution is -2.06. The normalized spacial score (nSPS) is 20.6. The fraction of sp³-hybridized carbons (Fsp3) is 0.455. The van der Waals surface area contributed by atoms with Crippen molar-refractivity contribution in [1.29, 1.82) is 0 Å². The zero-order valence-corrected chi connectivity index (χ0v) is 10.8. The molecule has 0 radical (unpaired) electrons. The van der Waals surface area contributed by atoms with Crippen LogP contribution in [0.2, 0.25) is 5.15 Å². The first-order valence-corrected chi connectivity index (χ1v) is 6.60. The van der Waals surface area contributed by atoms with Gasteiger partial charge < -0.3 is 0 Å². The monoisotopic (exact) mass is 297 g/mol. The van der Waals surface area contributed by atoms with Gasteiger partial charge in [-0.1, -0.05) is 11.6 Å². The zero-order chi connectivity index (χ0) is 10.9.